The maximum absolute atomic E-state index is 12.7. The predicted octanol–water partition coefficient (Wildman–Crippen LogP) is 4.14. The smallest absolute Gasteiger partial charge is 0.227 e. The highest BCUT2D eigenvalue weighted by atomic mass is 127. The van der Waals surface area contributed by atoms with E-state index in [1.807, 2.05) is 49.9 Å². The fourth-order valence-corrected chi connectivity index (χ4v) is 4.39. The second-order valence-electron chi connectivity index (χ2n) is 9.09. The molecular formula is C25H40IN5O2. The average Bonchev–Trinajstić information content (AvgIpc) is 3.49. The summed E-state index contributed by atoms with van der Waals surface area (Å²) in [5.74, 6) is 1.38. The third kappa shape index (κ3) is 8.15. The summed E-state index contributed by atoms with van der Waals surface area (Å²) in [7, 11) is 0. The Balaban J connectivity index is 0.00000385. The van der Waals surface area contributed by atoms with Gasteiger partial charge in [-0.25, -0.2) is 4.99 Å². The van der Waals surface area contributed by atoms with Gasteiger partial charge >= 0.3 is 0 Å². The molecule has 0 aromatic heterocycles. The lowest BCUT2D eigenvalue weighted by Gasteiger charge is -2.21. The molecule has 1 heterocycles. The average molecular weight is 570 g/mol. The van der Waals surface area contributed by atoms with Crippen molar-refractivity contribution in [2.75, 3.05) is 25.0 Å². The Hall–Kier alpha value is -1.84. The van der Waals surface area contributed by atoms with E-state index in [4.69, 9.17) is 4.99 Å². The minimum atomic E-state index is -0.00670. The maximum atomic E-state index is 12.7. The Morgan fingerprint density at radius 1 is 1.18 bits per heavy atom. The number of carbonyl (C=O) groups is 2. The number of hydrogen-bond acceptors (Lipinski definition) is 3. The highest BCUT2D eigenvalue weighted by molar-refractivity contribution is 14.0. The van der Waals surface area contributed by atoms with E-state index < -0.39 is 0 Å². The van der Waals surface area contributed by atoms with Gasteiger partial charge in [0.2, 0.25) is 11.8 Å². The van der Waals surface area contributed by atoms with Crippen molar-refractivity contribution in [2.24, 2.45) is 16.8 Å². The van der Waals surface area contributed by atoms with Gasteiger partial charge in [-0.05, 0) is 50.3 Å². The first-order valence-corrected chi connectivity index (χ1v) is 12.2. The molecule has 33 heavy (non-hydrogen) atoms. The Kier molecular flexibility index (Phi) is 11.4. The molecule has 8 heteroatoms. The standard InChI is InChI=1S/C25H39N5O2.HI/c1-4-18(3)23(31)28-21-12-8-9-19(15-21)16-27-25(26-5-2)29-22-13-14-30(17-22)24(32)20-10-6-7-11-20;/h8-9,12,15,18,20,22H,4-7,10-11,13-14,16-17H2,1-3H3,(H,28,31)(H2,26,27,29);1H. The Morgan fingerprint density at radius 3 is 2.64 bits per heavy atom. The summed E-state index contributed by atoms with van der Waals surface area (Å²) in [6.07, 6.45) is 6.23. The Morgan fingerprint density at radius 2 is 1.94 bits per heavy atom. The monoisotopic (exact) mass is 569 g/mol. The Labute approximate surface area is 215 Å². The summed E-state index contributed by atoms with van der Waals surface area (Å²) in [5, 5.41) is 9.81. The zero-order valence-electron chi connectivity index (χ0n) is 20.2. The van der Waals surface area contributed by atoms with Crippen LogP contribution in [0.1, 0.15) is 64.9 Å². The molecule has 1 saturated carbocycles. The van der Waals surface area contributed by atoms with Crippen LogP contribution in [-0.4, -0.2) is 48.3 Å². The third-order valence-corrected chi connectivity index (χ3v) is 6.56. The number of amides is 2. The Bertz CT molecular complexity index is 810. The fraction of sp³-hybridized carbons (Fsp3) is 0.640. The van der Waals surface area contributed by atoms with Crippen molar-refractivity contribution in [2.45, 2.75) is 71.9 Å². The van der Waals surface area contributed by atoms with Crippen LogP contribution >= 0.6 is 24.0 Å². The van der Waals surface area contributed by atoms with E-state index in [1.165, 1.54) is 12.8 Å². The van der Waals surface area contributed by atoms with E-state index in [2.05, 4.69) is 16.0 Å². The molecule has 0 radical (unpaired) electrons. The lowest BCUT2D eigenvalue weighted by Crippen LogP contribution is -2.45. The van der Waals surface area contributed by atoms with Gasteiger partial charge in [-0.15, -0.1) is 24.0 Å². The first-order chi connectivity index (χ1) is 15.5. The van der Waals surface area contributed by atoms with Crippen molar-refractivity contribution in [1.29, 1.82) is 0 Å². The van der Waals surface area contributed by atoms with Crippen LogP contribution in [0.2, 0.25) is 0 Å². The number of likely N-dealkylation sites (tertiary alicyclic amines) is 1. The zero-order valence-corrected chi connectivity index (χ0v) is 22.6. The van der Waals surface area contributed by atoms with E-state index in [1.54, 1.807) is 0 Å². The molecule has 7 nitrogen and oxygen atoms in total. The fourth-order valence-electron chi connectivity index (χ4n) is 4.39. The van der Waals surface area contributed by atoms with E-state index >= 15 is 0 Å². The molecule has 0 bridgehead atoms. The molecule has 1 saturated heterocycles. The van der Waals surface area contributed by atoms with Crippen LogP contribution in [0.5, 0.6) is 0 Å². The van der Waals surface area contributed by atoms with E-state index in [9.17, 15) is 9.59 Å². The van der Waals surface area contributed by atoms with Gasteiger partial charge in [-0.1, -0.05) is 38.8 Å². The molecule has 3 N–H and O–H groups in total. The molecule has 2 atom stereocenters. The molecular weight excluding hydrogens is 529 g/mol. The van der Waals surface area contributed by atoms with Gasteiger partial charge in [0.1, 0.15) is 0 Å². The number of nitrogens with zero attached hydrogens (tertiary/aromatic N) is 2. The van der Waals surface area contributed by atoms with Crippen molar-refractivity contribution in [3.8, 4) is 0 Å². The highest BCUT2D eigenvalue weighted by Gasteiger charge is 2.32. The molecule has 1 aliphatic carbocycles. The first kappa shape index (κ1) is 27.4. The number of guanidine groups is 1. The molecule has 2 aliphatic rings. The van der Waals surface area contributed by atoms with Crippen molar-refractivity contribution in [3.63, 3.8) is 0 Å². The summed E-state index contributed by atoms with van der Waals surface area (Å²) >= 11 is 0. The number of anilines is 1. The molecule has 1 aromatic rings. The largest absolute Gasteiger partial charge is 0.357 e. The first-order valence-electron chi connectivity index (χ1n) is 12.2. The molecule has 0 spiro atoms. The second-order valence-corrected chi connectivity index (χ2v) is 9.09. The van der Waals surface area contributed by atoms with Crippen LogP contribution in [0.4, 0.5) is 5.69 Å². The molecule has 1 aromatic carbocycles. The minimum absolute atomic E-state index is 0. The van der Waals surface area contributed by atoms with Gasteiger partial charge in [-0.3, -0.25) is 9.59 Å². The normalized spacial score (nSPS) is 19.7. The molecule has 2 fully saturated rings. The van der Waals surface area contributed by atoms with Crippen molar-refractivity contribution >= 4 is 47.4 Å². The lowest BCUT2D eigenvalue weighted by molar-refractivity contribution is -0.134. The van der Waals surface area contributed by atoms with Crippen LogP contribution in [0.15, 0.2) is 29.3 Å². The van der Waals surface area contributed by atoms with Gasteiger partial charge in [0.05, 0.1) is 6.54 Å². The van der Waals surface area contributed by atoms with Crippen molar-refractivity contribution in [1.82, 2.24) is 15.5 Å². The molecule has 2 amide bonds. The molecule has 1 aliphatic heterocycles. The molecule has 2 unspecified atom stereocenters. The van der Waals surface area contributed by atoms with Gasteiger partial charge in [0.15, 0.2) is 5.96 Å². The summed E-state index contributed by atoms with van der Waals surface area (Å²) in [6, 6.07) is 8.07. The summed E-state index contributed by atoms with van der Waals surface area (Å²) < 4.78 is 0. The van der Waals surface area contributed by atoms with Gasteiger partial charge in [-0.2, -0.15) is 0 Å². The van der Waals surface area contributed by atoms with Crippen LogP contribution in [-0.2, 0) is 16.1 Å². The van der Waals surface area contributed by atoms with Gasteiger partial charge in [0, 0.05) is 43.2 Å². The predicted molar refractivity (Wildman–Crippen MR) is 145 cm³/mol. The number of hydrogen-bond donors (Lipinski definition) is 3. The van der Waals surface area contributed by atoms with Crippen molar-refractivity contribution < 1.29 is 9.59 Å². The number of carbonyl (C=O) groups excluding carboxylic acids is 2. The summed E-state index contributed by atoms with van der Waals surface area (Å²) in [6.45, 7) is 8.85. The second kappa shape index (κ2) is 13.8. The van der Waals surface area contributed by atoms with E-state index in [0.29, 0.717) is 12.5 Å². The van der Waals surface area contributed by atoms with Crippen molar-refractivity contribution in [3.05, 3.63) is 29.8 Å². The number of nitrogens with one attached hydrogen (secondary N) is 3. The van der Waals surface area contributed by atoms with Gasteiger partial charge in [0.25, 0.3) is 0 Å². The van der Waals surface area contributed by atoms with Crippen LogP contribution in [0.3, 0.4) is 0 Å². The molecule has 3 rings (SSSR count). The SMILES string of the molecule is CCNC(=NCc1cccc(NC(=O)C(C)CC)c1)NC1CCN(C(=O)C2CCCC2)C1.I. The van der Waals surface area contributed by atoms with Gasteiger partial charge < -0.3 is 20.9 Å². The number of halogens is 1. The topological polar surface area (TPSA) is 85.8 Å². The number of aliphatic imine (C=N–C) groups is 1. The maximum Gasteiger partial charge on any atom is 0.227 e. The van der Waals surface area contributed by atoms with Crippen LogP contribution in [0, 0.1) is 11.8 Å². The highest BCUT2D eigenvalue weighted by Crippen LogP contribution is 2.27. The van der Waals surface area contributed by atoms with E-state index in [-0.39, 0.29) is 47.8 Å². The summed E-state index contributed by atoms with van der Waals surface area (Å²) in [4.78, 5) is 31.7. The van der Waals surface area contributed by atoms with Crippen LogP contribution in [0.25, 0.3) is 0 Å². The van der Waals surface area contributed by atoms with Crippen LogP contribution < -0.4 is 16.0 Å². The van der Waals surface area contributed by atoms with E-state index in [0.717, 1.165) is 62.5 Å². The lowest BCUT2D eigenvalue weighted by atomic mass is 10.1. The molecule has 184 valence electrons. The zero-order chi connectivity index (χ0) is 22.9. The number of benzene rings is 1. The summed E-state index contributed by atoms with van der Waals surface area (Å²) in [5.41, 5.74) is 1.84. The minimum Gasteiger partial charge on any atom is -0.357 e. The third-order valence-electron chi connectivity index (χ3n) is 6.56. The number of rotatable bonds is 8. The quantitative estimate of drug-likeness (QED) is 0.250.